The number of thioether (sulfide) groups is 1. The van der Waals surface area contributed by atoms with Gasteiger partial charge in [-0.05, 0) is 55.2 Å². The lowest BCUT2D eigenvalue weighted by atomic mass is 10.1. The Morgan fingerprint density at radius 2 is 1.90 bits per heavy atom. The van der Waals surface area contributed by atoms with Crippen molar-refractivity contribution in [1.29, 1.82) is 0 Å². The minimum Gasteiger partial charge on any atom is -0.356 e. The molecule has 1 aromatic carbocycles. The van der Waals surface area contributed by atoms with E-state index >= 15 is 0 Å². The van der Waals surface area contributed by atoms with Crippen LogP contribution >= 0.6 is 11.8 Å². The zero-order valence-electron chi connectivity index (χ0n) is 17.4. The molecule has 0 spiro atoms. The highest BCUT2D eigenvalue weighted by Crippen LogP contribution is 2.28. The van der Waals surface area contributed by atoms with Crippen molar-refractivity contribution >= 4 is 23.5 Å². The molecule has 1 aromatic heterocycles. The number of hydrogen-bond acceptors (Lipinski definition) is 5. The van der Waals surface area contributed by atoms with Crippen LogP contribution in [0.1, 0.15) is 67.1 Å². The van der Waals surface area contributed by atoms with E-state index in [0.29, 0.717) is 11.8 Å². The number of amides is 1. The maximum atomic E-state index is 12.2. The Morgan fingerprint density at radius 3 is 2.55 bits per heavy atom. The molecule has 2 aliphatic rings. The molecule has 29 heavy (non-hydrogen) atoms. The number of anilines is 1. The Balaban J connectivity index is 1.39. The van der Waals surface area contributed by atoms with Gasteiger partial charge in [-0.15, -0.1) is 0 Å². The number of hydrogen-bond donors (Lipinski definition) is 1. The molecule has 6 heteroatoms. The molecule has 2 fully saturated rings. The number of carbonyl (C=O) groups is 1. The molecule has 1 saturated heterocycles. The summed E-state index contributed by atoms with van der Waals surface area (Å²) in [6.07, 6.45) is 4.97. The summed E-state index contributed by atoms with van der Waals surface area (Å²) in [7, 11) is 0. The Morgan fingerprint density at radius 1 is 1.17 bits per heavy atom. The molecule has 4 rings (SSSR count). The predicted molar refractivity (Wildman–Crippen MR) is 119 cm³/mol. The molecule has 2 aromatic rings. The largest absolute Gasteiger partial charge is 0.356 e. The molecule has 1 aliphatic heterocycles. The first-order chi connectivity index (χ1) is 14.1. The molecule has 2 heterocycles. The average molecular weight is 411 g/mol. The number of nitrogens with one attached hydrogen (secondary N) is 1. The minimum atomic E-state index is 0.0272. The van der Waals surface area contributed by atoms with Crippen molar-refractivity contribution in [1.82, 2.24) is 15.3 Å². The lowest BCUT2D eigenvalue weighted by Crippen LogP contribution is -2.25. The SMILES string of the molecule is CC(C)c1cc(N2CCCC2)nc(SCc2ccc(C(=O)NCC3CC3)cc2)n1. The topological polar surface area (TPSA) is 58.1 Å². The van der Waals surface area contributed by atoms with E-state index in [1.807, 2.05) is 24.3 Å². The number of aromatic nitrogens is 2. The number of rotatable bonds is 8. The van der Waals surface area contributed by atoms with Crippen molar-refractivity contribution in [2.75, 3.05) is 24.5 Å². The van der Waals surface area contributed by atoms with Gasteiger partial charge in [0.05, 0.1) is 0 Å². The summed E-state index contributed by atoms with van der Waals surface area (Å²) in [6.45, 7) is 7.33. The Bertz CT molecular complexity index is 842. The third kappa shape index (κ3) is 5.50. The molecular formula is C23H30N4OS. The van der Waals surface area contributed by atoms with Crippen molar-refractivity contribution < 1.29 is 4.79 Å². The molecule has 154 valence electrons. The van der Waals surface area contributed by atoms with Gasteiger partial charge in [-0.1, -0.05) is 37.7 Å². The van der Waals surface area contributed by atoms with E-state index in [4.69, 9.17) is 9.97 Å². The maximum Gasteiger partial charge on any atom is 0.251 e. The van der Waals surface area contributed by atoms with Gasteiger partial charge in [0.15, 0.2) is 5.16 Å². The van der Waals surface area contributed by atoms with Gasteiger partial charge in [0.25, 0.3) is 5.91 Å². The number of nitrogens with zero attached hydrogens (tertiary/aromatic N) is 3. The van der Waals surface area contributed by atoms with E-state index in [9.17, 15) is 4.79 Å². The molecule has 1 saturated carbocycles. The van der Waals surface area contributed by atoms with Crippen molar-refractivity contribution in [3.05, 3.63) is 47.2 Å². The maximum absolute atomic E-state index is 12.2. The Kier molecular flexibility index (Phi) is 6.38. The highest BCUT2D eigenvalue weighted by Gasteiger charge is 2.22. The van der Waals surface area contributed by atoms with Gasteiger partial charge < -0.3 is 10.2 Å². The zero-order chi connectivity index (χ0) is 20.2. The summed E-state index contributed by atoms with van der Waals surface area (Å²) >= 11 is 1.67. The fraction of sp³-hybridized carbons (Fsp3) is 0.522. The first-order valence-electron chi connectivity index (χ1n) is 10.7. The van der Waals surface area contributed by atoms with Gasteiger partial charge >= 0.3 is 0 Å². The van der Waals surface area contributed by atoms with E-state index in [2.05, 4.69) is 30.1 Å². The second kappa shape index (κ2) is 9.16. The lowest BCUT2D eigenvalue weighted by molar-refractivity contribution is 0.0952. The van der Waals surface area contributed by atoms with E-state index in [1.165, 1.54) is 31.2 Å². The first kappa shape index (κ1) is 20.2. The standard InChI is InChI=1S/C23H30N4OS/c1-16(2)20-13-21(27-11-3-4-12-27)26-23(25-20)29-15-18-7-9-19(10-8-18)22(28)24-14-17-5-6-17/h7-10,13,16-17H,3-6,11-12,14-15H2,1-2H3,(H,24,28). The highest BCUT2D eigenvalue weighted by molar-refractivity contribution is 7.98. The van der Waals surface area contributed by atoms with Crippen LogP contribution in [0, 0.1) is 5.92 Å². The van der Waals surface area contributed by atoms with Gasteiger partial charge in [0.2, 0.25) is 0 Å². The minimum absolute atomic E-state index is 0.0272. The van der Waals surface area contributed by atoms with Crippen molar-refractivity contribution in [2.24, 2.45) is 5.92 Å². The summed E-state index contributed by atoms with van der Waals surface area (Å²) in [4.78, 5) is 24.2. The predicted octanol–water partition coefficient (Wildman–Crippen LogP) is 4.63. The summed E-state index contributed by atoms with van der Waals surface area (Å²) in [6, 6.07) is 10.0. The normalized spacial score (nSPS) is 16.4. The first-order valence-corrected chi connectivity index (χ1v) is 11.7. The monoisotopic (exact) mass is 410 g/mol. The quantitative estimate of drug-likeness (QED) is 0.508. The van der Waals surface area contributed by atoms with E-state index < -0.39 is 0 Å². The van der Waals surface area contributed by atoms with Gasteiger partial charge in [0.1, 0.15) is 5.82 Å². The molecule has 0 radical (unpaired) electrons. The van der Waals surface area contributed by atoms with Gasteiger partial charge in [-0.25, -0.2) is 9.97 Å². The van der Waals surface area contributed by atoms with Crippen molar-refractivity contribution in [3.63, 3.8) is 0 Å². The average Bonchev–Trinajstić information content (AvgIpc) is 3.41. The van der Waals surface area contributed by atoms with Crippen LogP contribution in [0.2, 0.25) is 0 Å². The number of benzene rings is 1. The highest BCUT2D eigenvalue weighted by atomic mass is 32.2. The fourth-order valence-electron chi connectivity index (χ4n) is 3.46. The van der Waals surface area contributed by atoms with Crippen LogP contribution in [0.15, 0.2) is 35.5 Å². The van der Waals surface area contributed by atoms with Crippen LogP contribution in [0.4, 0.5) is 5.82 Å². The lowest BCUT2D eigenvalue weighted by Gasteiger charge is -2.18. The second-order valence-corrected chi connectivity index (χ2v) is 9.36. The van der Waals surface area contributed by atoms with Crippen LogP contribution in [-0.4, -0.2) is 35.5 Å². The van der Waals surface area contributed by atoms with Crippen LogP contribution in [0.3, 0.4) is 0 Å². The summed E-state index contributed by atoms with van der Waals surface area (Å²) in [5, 5.41) is 3.86. The van der Waals surface area contributed by atoms with Crippen LogP contribution in [0.25, 0.3) is 0 Å². The van der Waals surface area contributed by atoms with Gasteiger partial charge in [-0.3, -0.25) is 4.79 Å². The Labute approximate surface area is 177 Å². The van der Waals surface area contributed by atoms with E-state index in [1.54, 1.807) is 11.8 Å². The molecule has 0 bridgehead atoms. The summed E-state index contributed by atoms with van der Waals surface area (Å²) < 4.78 is 0. The third-order valence-corrected chi connectivity index (χ3v) is 6.48. The van der Waals surface area contributed by atoms with Crippen LogP contribution in [-0.2, 0) is 5.75 Å². The molecule has 1 amide bonds. The fourth-order valence-corrected chi connectivity index (χ4v) is 4.28. The summed E-state index contributed by atoms with van der Waals surface area (Å²) in [5.74, 6) is 2.96. The zero-order valence-corrected chi connectivity index (χ0v) is 18.2. The van der Waals surface area contributed by atoms with Crippen molar-refractivity contribution in [3.8, 4) is 0 Å². The Hall–Kier alpha value is -2.08. The molecule has 1 N–H and O–H groups in total. The number of carbonyl (C=O) groups excluding carboxylic acids is 1. The van der Waals surface area contributed by atoms with E-state index in [0.717, 1.165) is 47.6 Å². The van der Waals surface area contributed by atoms with Gasteiger partial charge in [-0.2, -0.15) is 0 Å². The van der Waals surface area contributed by atoms with Crippen LogP contribution in [0.5, 0.6) is 0 Å². The van der Waals surface area contributed by atoms with Crippen LogP contribution < -0.4 is 10.2 Å². The second-order valence-electron chi connectivity index (χ2n) is 8.42. The molecule has 1 aliphatic carbocycles. The third-order valence-electron chi connectivity index (χ3n) is 5.57. The van der Waals surface area contributed by atoms with E-state index in [-0.39, 0.29) is 5.91 Å². The molecule has 0 atom stereocenters. The summed E-state index contributed by atoms with van der Waals surface area (Å²) in [5.41, 5.74) is 3.01. The molecule has 5 nitrogen and oxygen atoms in total. The van der Waals surface area contributed by atoms with Crippen molar-refractivity contribution in [2.45, 2.75) is 56.4 Å². The molecular weight excluding hydrogens is 380 g/mol. The molecule has 0 unspecified atom stereocenters. The van der Waals surface area contributed by atoms with Gasteiger partial charge in [0, 0.05) is 42.7 Å². The smallest absolute Gasteiger partial charge is 0.251 e.